The molecule has 1 amide bonds. The minimum atomic E-state index is -0.379. The maximum atomic E-state index is 12.0. The van der Waals surface area contributed by atoms with Gasteiger partial charge in [0.05, 0.1) is 17.9 Å². The second kappa shape index (κ2) is 8.83. The van der Waals surface area contributed by atoms with E-state index in [1.54, 1.807) is 43.3 Å². The molecule has 24 heavy (non-hydrogen) atoms. The Morgan fingerprint density at radius 2 is 1.71 bits per heavy atom. The molecule has 2 aromatic rings. The number of carbonyl (C=O) groups is 2. The van der Waals surface area contributed by atoms with E-state index in [0.29, 0.717) is 23.5 Å². The molecule has 0 aliphatic carbocycles. The first-order valence-electron chi connectivity index (χ1n) is 7.23. The van der Waals surface area contributed by atoms with Crippen molar-refractivity contribution in [2.24, 2.45) is 5.10 Å². The van der Waals surface area contributed by atoms with Gasteiger partial charge >= 0.3 is 5.97 Å². The van der Waals surface area contributed by atoms with Crippen LogP contribution in [-0.4, -0.2) is 23.1 Å². The van der Waals surface area contributed by atoms with Gasteiger partial charge in [-0.3, -0.25) is 10.2 Å². The molecular weight excluding hydrogens is 374 g/mol. The van der Waals surface area contributed by atoms with Crippen LogP contribution in [0, 0.1) is 0 Å². The van der Waals surface area contributed by atoms with E-state index >= 15 is 0 Å². The van der Waals surface area contributed by atoms with Gasteiger partial charge < -0.3 is 10.1 Å². The number of ether oxygens (including phenoxy) is 1. The quantitative estimate of drug-likeness (QED) is 0.449. The van der Waals surface area contributed by atoms with E-state index in [1.807, 2.05) is 18.2 Å². The lowest BCUT2D eigenvalue weighted by Crippen LogP contribution is -2.19. The van der Waals surface area contributed by atoms with Crippen molar-refractivity contribution in [3.8, 4) is 0 Å². The summed E-state index contributed by atoms with van der Waals surface area (Å²) in [6.07, 6.45) is 0. The first kappa shape index (κ1) is 17.7. The molecule has 0 aliphatic heterocycles. The Morgan fingerprint density at radius 3 is 2.33 bits per heavy atom. The Bertz CT molecular complexity index is 731. The number of hydrogen-bond acceptors (Lipinski definition) is 5. The molecule has 0 aromatic heterocycles. The second-order valence-corrected chi connectivity index (χ2v) is 5.38. The number of anilines is 2. The molecule has 2 rings (SSSR count). The molecule has 6 nitrogen and oxygen atoms in total. The smallest absolute Gasteiger partial charge is 0.338 e. The van der Waals surface area contributed by atoms with Crippen LogP contribution in [-0.2, 0) is 9.53 Å². The number of benzene rings is 2. The van der Waals surface area contributed by atoms with Crippen molar-refractivity contribution in [3.63, 3.8) is 0 Å². The Balaban J connectivity index is 1.94. The topological polar surface area (TPSA) is 79.8 Å². The lowest BCUT2D eigenvalue weighted by Gasteiger charge is -2.05. The highest BCUT2D eigenvalue weighted by atomic mass is 79.9. The molecule has 0 spiro atoms. The second-order valence-electron chi connectivity index (χ2n) is 4.63. The summed E-state index contributed by atoms with van der Waals surface area (Å²) in [5, 5.41) is 6.65. The predicted molar refractivity (Wildman–Crippen MR) is 97.5 cm³/mol. The maximum Gasteiger partial charge on any atom is 0.338 e. The van der Waals surface area contributed by atoms with Crippen molar-refractivity contribution in [2.45, 2.75) is 6.92 Å². The van der Waals surface area contributed by atoms with Gasteiger partial charge in [-0.1, -0.05) is 18.2 Å². The van der Waals surface area contributed by atoms with Crippen molar-refractivity contribution >= 4 is 43.8 Å². The van der Waals surface area contributed by atoms with Gasteiger partial charge in [0.1, 0.15) is 0 Å². The van der Waals surface area contributed by atoms with Gasteiger partial charge in [0, 0.05) is 5.69 Å². The Labute approximate surface area is 148 Å². The number of para-hydroxylation sites is 1. The molecule has 0 saturated carbocycles. The SMILES string of the molecule is CCOC(=O)c1ccc(N/N=C(/Br)C(=O)Nc2ccccc2)cc1. The van der Waals surface area contributed by atoms with Gasteiger partial charge in [0.15, 0.2) is 4.62 Å². The summed E-state index contributed by atoms with van der Waals surface area (Å²) < 4.78 is 5.00. The average molecular weight is 390 g/mol. The number of carbonyl (C=O) groups excluding carboxylic acids is 2. The number of hydrogen-bond donors (Lipinski definition) is 2. The molecule has 7 heteroatoms. The van der Waals surface area contributed by atoms with Crippen LogP contribution in [0.15, 0.2) is 59.7 Å². The Morgan fingerprint density at radius 1 is 1.04 bits per heavy atom. The van der Waals surface area contributed by atoms with Crippen LogP contribution in [0.4, 0.5) is 11.4 Å². The van der Waals surface area contributed by atoms with Gasteiger partial charge in [-0.2, -0.15) is 5.10 Å². The number of nitrogens with one attached hydrogen (secondary N) is 2. The largest absolute Gasteiger partial charge is 0.462 e. The van der Waals surface area contributed by atoms with E-state index in [2.05, 4.69) is 31.8 Å². The number of hydrazone groups is 1. The highest BCUT2D eigenvalue weighted by Gasteiger charge is 2.09. The van der Waals surface area contributed by atoms with Gasteiger partial charge in [-0.25, -0.2) is 4.79 Å². The Kier molecular flexibility index (Phi) is 6.51. The molecule has 0 heterocycles. The van der Waals surface area contributed by atoms with Crippen LogP contribution >= 0.6 is 15.9 Å². The number of rotatable bonds is 6. The standard InChI is InChI=1S/C17H16BrN3O3/c1-2-24-17(23)12-8-10-14(11-9-12)20-21-15(18)16(22)19-13-6-4-3-5-7-13/h3-11,20H,2H2,1H3,(H,19,22)/b21-15+. The van der Waals surface area contributed by atoms with Gasteiger partial charge in [-0.05, 0) is 59.3 Å². The third-order valence-electron chi connectivity index (χ3n) is 2.90. The van der Waals surface area contributed by atoms with Crippen molar-refractivity contribution in [1.82, 2.24) is 0 Å². The van der Waals surface area contributed by atoms with Crippen molar-refractivity contribution in [1.29, 1.82) is 0 Å². The van der Waals surface area contributed by atoms with Crippen molar-refractivity contribution < 1.29 is 14.3 Å². The minimum Gasteiger partial charge on any atom is -0.462 e. The minimum absolute atomic E-state index is 0.0980. The molecule has 0 atom stereocenters. The third kappa shape index (κ3) is 5.20. The number of amides is 1. The zero-order valence-electron chi connectivity index (χ0n) is 13.0. The van der Waals surface area contributed by atoms with Crippen molar-refractivity contribution in [3.05, 3.63) is 60.2 Å². The zero-order valence-corrected chi connectivity index (χ0v) is 14.5. The summed E-state index contributed by atoms with van der Waals surface area (Å²) in [5.74, 6) is -0.757. The molecule has 2 N–H and O–H groups in total. The maximum absolute atomic E-state index is 12.0. The zero-order chi connectivity index (χ0) is 17.4. The predicted octanol–water partition coefficient (Wildman–Crippen LogP) is 3.62. The highest BCUT2D eigenvalue weighted by molar-refractivity contribution is 9.19. The van der Waals surface area contributed by atoms with Crippen LogP contribution in [0.5, 0.6) is 0 Å². The molecular formula is C17H16BrN3O3. The molecule has 2 aromatic carbocycles. The number of nitrogens with zero attached hydrogens (tertiary/aromatic N) is 1. The van der Waals surface area contributed by atoms with E-state index in [9.17, 15) is 9.59 Å². The molecule has 0 aliphatic rings. The van der Waals surface area contributed by atoms with E-state index < -0.39 is 0 Å². The van der Waals surface area contributed by atoms with Crippen LogP contribution in [0.1, 0.15) is 17.3 Å². The summed E-state index contributed by atoms with van der Waals surface area (Å²) >= 11 is 3.12. The fourth-order valence-electron chi connectivity index (χ4n) is 1.76. The summed E-state index contributed by atoms with van der Waals surface area (Å²) in [5.41, 5.74) is 4.49. The summed E-state index contributed by atoms with van der Waals surface area (Å²) in [6.45, 7) is 2.08. The van der Waals surface area contributed by atoms with Crippen LogP contribution in [0.3, 0.4) is 0 Å². The lowest BCUT2D eigenvalue weighted by molar-refractivity contribution is -0.110. The van der Waals surface area contributed by atoms with Crippen LogP contribution in [0.2, 0.25) is 0 Å². The molecule has 124 valence electrons. The molecule has 0 fully saturated rings. The lowest BCUT2D eigenvalue weighted by atomic mass is 10.2. The normalized spacial score (nSPS) is 10.8. The fraction of sp³-hybridized carbons (Fsp3) is 0.118. The van der Waals surface area contributed by atoms with E-state index in [-0.39, 0.29) is 16.5 Å². The molecule has 0 unspecified atom stereocenters. The molecule has 0 saturated heterocycles. The van der Waals surface area contributed by atoms with Crippen LogP contribution < -0.4 is 10.7 Å². The first-order chi connectivity index (χ1) is 11.6. The van der Waals surface area contributed by atoms with Gasteiger partial charge in [0.25, 0.3) is 5.91 Å². The summed E-state index contributed by atoms with van der Waals surface area (Å²) in [7, 11) is 0. The number of halogens is 1. The molecule has 0 bridgehead atoms. The highest BCUT2D eigenvalue weighted by Crippen LogP contribution is 2.11. The van der Waals surface area contributed by atoms with E-state index in [1.165, 1.54) is 0 Å². The third-order valence-corrected chi connectivity index (χ3v) is 3.44. The fourth-order valence-corrected chi connectivity index (χ4v) is 1.95. The Hall–Kier alpha value is -2.67. The summed E-state index contributed by atoms with van der Waals surface area (Å²) in [6, 6.07) is 15.6. The molecule has 0 radical (unpaired) electrons. The van der Waals surface area contributed by atoms with Gasteiger partial charge in [-0.15, -0.1) is 0 Å². The van der Waals surface area contributed by atoms with Crippen LogP contribution in [0.25, 0.3) is 0 Å². The summed E-state index contributed by atoms with van der Waals surface area (Å²) in [4.78, 5) is 23.5. The van der Waals surface area contributed by atoms with E-state index in [0.717, 1.165) is 0 Å². The van der Waals surface area contributed by atoms with E-state index in [4.69, 9.17) is 4.74 Å². The first-order valence-corrected chi connectivity index (χ1v) is 8.02. The average Bonchev–Trinajstić information content (AvgIpc) is 2.61. The monoisotopic (exact) mass is 389 g/mol. The number of esters is 1. The van der Waals surface area contributed by atoms with Gasteiger partial charge in [0.2, 0.25) is 0 Å². The van der Waals surface area contributed by atoms with Crippen molar-refractivity contribution in [2.75, 3.05) is 17.3 Å².